The molecule has 0 heterocycles. The van der Waals surface area contributed by atoms with Gasteiger partial charge in [0, 0.05) is 0 Å². The van der Waals surface area contributed by atoms with E-state index in [1.807, 2.05) is 0 Å². The third-order valence-electron chi connectivity index (χ3n) is 4.01. The quantitative estimate of drug-likeness (QED) is 0.201. The Balaban J connectivity index is 2.97. The molecule has 0 rings (SSSR count). The van der Waals surface area contributed by atoms with Gasteiger partial charge in [-0.1, -0.05) is 103 Å². The van der Waals surface area contributed by atoms with Crippen LogP contribution < -0.4 is 0 Å². The molecule has 20 heavy (non-hydrogen) atoms. The highest BCUT2D eigenvalue weighted by molar-refractivity contribution is 4.81. The van der Waals surface area contributed by atoms with Crippen molar-refractivity contribution in [1.29, 1.82) is 0 Å². The fourth-order valence-electron chi connectivity index (χ4n) is 2.60. The van der Waals surface area contributed by atoms with Gasteiger partial charge in [0.05, 0.1) is 0 Å². The minimum absolute atomic E-state index is 1.07. The van der Waals surface area contributed by atoms with Crippen LogP contribution in [-0.2, 0) is 0 Å². The molecule has 0 aromatic rings. The van der Waals surface area contributed by atoms with Gasteiger partial charge < -0.3 is 0 Å². The fraction of sp³-hybridized carbons (Fsp3) is 0.850. The summed E-state index contributed by atoms with van der Waals surface area (Å²) in [6.45, 7) is 6.15. The Labute approximate surface area is 129 Å². The molecule has 0 heteroatoms. The standard InChI is InChI=1S/C20H39/c1-3-5-7-9-11-13-15-17-19-20-18-16-14-12-10-8-6-4-2/h9,11H,1,3-8,10,12-20H2,2H3. The Morgan fingerprint density at radius 2 is 0.950 bits per heavy atom. The van der Waals surface area contributed by atoms with E-state index in [1.54, 1.807) is 0 Å². The van der Waals surface area contributed by atoms with Gasteiger partial charge in [0.25, 0.3) is 0 Å². The lowest BCUT2D eigenvalue weighted by atomic mass is 10.0. The topological polar surface area (TPSA) is 0 Å². The molecule has 0 saturated carbocycles. The highest BCUT2D eigenvalue weighted by Crippen LogP contribution is 2.12. The van der Waals surface area contributed by atoms with E-state index in [2.05, 4.69) is 26.0 Å². The molecule has 119 valence electrons. The predicted molar refractivity (Wildman–Crippen MR) is 94.0 cm³/mol. The first-order valence-electron chi connectivity index (χ1n) is 9.36. The molecule has 0 amide bonds. The van der Waals surface area contributed by atoms with Crippen LogP contribution in [0.15, 0.2) is 12.2 Å². The maximum atomic E-state index is 3.86. The van der Waals surface area contributed by atoms with E-state index >= 15 is 0 Å². The molecule has 0 fully saturated rings. The van der Waals surface area contributed by atoms with Crippen molar-refractivity contribution in [1.82, 2.24) is 0 Å². The largest absolute Gasteiger partial charge is 0.0885 e. The molecule has 1 radical (unpaired) electrons. The first-order chi connectivity index (χ1) is 9.91. The third kappa shape index (κ3) is 17.7. The molecular weight excluding hydrogens is 240 g/mol. The summed E-state index contributed by atoms with van der Waals surface area (Å²) in [7, 11) is 0. The van der Waals surface area contributed by atoms with Gasteiger partial charge in [0.15, 0.2) is 0 Å². The Bertz CT molecular complexity index is 180. The highest BCUT2D eigenvalue weighted by atomic mass is 14.0. The fourth-order valence-corrected chi connectivity index (χ4v) is 2.60. The van der Waals surface area contributed by atoms with Crippen LogP contribution in [0.1, 0.15) is 110 Å². The normalized spacial score (nSPS) is 11.5. The van der Waals surface area contributed by atoms with E-state index in [-0.39, 0.29) is 0 Å². The molecule has 0 aliphatic carbocycles. The van der Waals surface area contributed by atoms with Crippen LogP contribution in [0, 0.1) is 6.92 Å². The number of hydrogen-bond acceptors (Lipinski definition) is 0. The van der Waals surface area contributed by atoms with Crippen molar-refractivity contribution in [2.75, 3.05) is 0 Å². The van der Waals surface area contributed by atoms with Crippen molar-refractivity contribution < 1.29 is 0 Å². The van der Waals surface area contributed by atoms with Crippen LogP contribution in [0.4, 0.5) is 0 Å². The predicted octanol–water partition coefficient (Wildman–Crippen LogP) is 7.64. The number of hydrogen-bond donors (Lipinski definition) is 0. The van der Waals surface area contributed by atoms with E-state index in [0.717, 1.165) is 6.42 Å². The van der Waals surface area contributed by atoms with Crippen molar-refractivity contribution >= 4 is 0 Å². The average molecular weight is 280 g/mol. The number of allylic oxidation sites excluding steroid dienone is 2. The second-order valence-electron chi connectivity index (χ2n) is 6.14. The van der Waals surface area contributed by atoms with Crippen LogP contribution in [0.5, 0.6) is 0 Å². The summed E-state index contributed by atoms with van der Waals surface area (Å²) in [6, 6.07) is 0. The average Bonchev–Trinajstić information content (AvgIpc) is 2.47. The molecule has 0 saturated heterocycles. The van der Waals surface area contributed by atoms with Crippen LogP contribution in [-0.4, -0.2) is 0 Å². The molecule has 0 spiro atoms. The van der Waals surface area contributed by atoms with E-state index in [1.165, 1.54) is 96.3 Å². The van der Waals surface area contributed by atoms with Gasteiger partial charge in [-0.2, -0.15) is 0 Å². The van der Waals surface area contributed by atoms with Gasteiger partial charge in [0.2, 0.25) is 0 Å². The summed E-state index contributed by atoms with van der Waals surface area (Å²) in [5.74, 6) is 0. The Hall–Kier alpha value is -0.260. The zero-order valence-corrected chi connectivity index (χ0v) is 14.2. The maximum absolute atomic E-state index is 3.86. The summed E-state index contributed by atoms with van der Waals surface area (Å²) >= 11 is 0. The van der Waals surface area contributed by atoms with E-state index in [4.69, 9.17) is 0 Å². The molecule has 0 bridgehead atoms. The van der Waals surface area contributed by atoms with Gasteiger partial charge >= 0.3 is 0 Å². The summed E-state index contributed by atoms with van der Waals surface area (Å²) in [5.41, 5.74) is 0. The molecular formula is C20H39. The zero-order valence-electron chi connectivity index (χ0n) is 14.2. The third-order valence-corrected chi connectivity index (χ3v) is 4.01. The van der Waals surface area contributed by atoms with E-state index in [0.29, 0.717) is 0 Å². The van der Waals surface area contributed by atoms with Crippen LogP contribution in [0.25, 0.3) is 0 Å². The maximum Gasteiger partial charge on any atom is -0.0351 e. The van der Waals surface area contributed by atoms with Gasteiger partial charge in [-0.05, 0) is 25.7 Å². The minimum atomic E-state index is 1.07. The zero-order chi connectivity index (χ0) is 14.7. The molecule has 0 unspecified atom stereocenters. The van der Waals surface area contributed by atoms with Gasteiger partial charge in [-0.3, -0.25) is 0 Å². The Morgan fingerprint density at radius 1 is 0.550 bits per heavy atom. The molecule has 0 aliphatic rings. The lowest BCUT2D eigenvalue weighted by molar-refractivity contribution is 0.545. The molecule has 0 aromatic carbocycles. The summed E-state index contributed by atoms with van der Waals surface area (Å²) < 4.78 is 0. The smallest absolute Gasteiger partial charge is 0.0351 e. The van der Waals surface area contributed by atoms with Crippen LogP contribution in [0.3, 0.4) is 0 Å². The summed E-state index contributed by atoms with van der Waals surface area (Å²) in [5, 5.41) is 0. The van der Waals surface area contributed by atoms with Crippen molar-refractivity contribution in [3.63, 3.8) is 0 Å². The van der Waals surface area contributed by atoms with Crippen LogP contribution in [0.2, 0.25) is 0 Å². The summed E-state index contributed by atoms with van der Waals surface area (Å²) in [6.07, 6.45) is 26.9. The summed E-state index contributed by atoms with van der Waals surface area (Å²) in [4.78, 5) is 0. The van der Waals surface area contributed by atoms with Gasteiger partial charge in [-0.15, -0.1) is 0 Å². The number of unbranched alkanes of at least 4 members (excludes halogenated alkanes) is 14. The molecule has 0 atom stereocenters. The first kappa shape index (κ1) is 19.7. The second-order valence-corrected chi connectivity index (χ2v) is 6.14. The number of rotatable bonds is 16. The van der Waals surface area contributed by atoms with Gasteiger partial charge in [0.1, 0.15) is 0 Å². The lowest BCUT2D eigenvalue weighted by Crippen LogP contribution is -1.82. The first-order valence-corrected chi connectivity index (χ1v) is 9.36. The minimum Gasteiger partial charge on any atom is -0.0885 e. The van der Waals surface area contributed by atoms with Gasteiger partial charge in [-0.25, -0.2) is 0 Å². The Kier molecular flexibility index (Phi) is 18.5. The highest BCUT2D eigenvalue weighted by Gasteiger charge is 1.92. The molecule has 0 aliphatic heterocycles. The van der Waals surface area contributed by atoms with Crippen molar-refractivity contribution in [2.24, 2.45) is 0 Å². The van der Waals surface area contributed by atoms with Crippen molar-refractivity contribution in [3.8, 4) is 0 Å². The van der Waals surface area contributed by atoms with E-state index in [9.17, 15) is 0 Å². The van der Waals surface area contributed by atoms with Crippen molar-refractivity contribution in [2.45, 2.75) is 110 Å². The Morgan fingerprint density at radius 3 is 1.40 bits per heavy atom. The molecule has 0 aromatic heterocycles. The molecule has 0 nitrogen and oxygen atoms in total. The SMILES string of the molecule is [CH2]CCCC=CCCCCCCCCCCCCCC. The lowest BCUT2D eigenvalue weighted by Gasteiger charge is -2.02. The van der Waals surface area contributed by atoms with Crippen molar-refractivity contribution in [3.05, 3.63) is 19.1 Å². The van der Waals surface area contributed by atoms with Crippen LogP contribution >= 0.6 is 0 Å². The second kappa shape index (κ2) is 18.7. The molecule has 0 N–H and O–H groups in total. The monoisotopic (exact) mass is 279 g/mol. The van der Waals surface area contributed by atoms with E-state index < -0.39 is 0 Å².